The minimum Gasteiger partial charge on any atom is -0.452 e. The number of nitrogens with one attached hydrogen (secondary N) is 2. The lowest BCUT2D eigenvalue weighted by molar-refractivity contribution is -0.123. The standard InChI is InChI=1S/C17H24ClN3O7S/c1-4-21(5-2)29(25,26)12-6-7-14(18)13(10-12)16(23)28-11-15(22)20-17(24)19-8-9-27-3/h6-7,10H,4-5,8-9,11H2,1-3H3,(H2,19,20,22,24). The summed E-state index contributed by atoms with van der Waals surface area (Å²) in [5.41, 5.74) is -0.211. The van der Waals surface area contributed by atoms with Gasteiger partial charge in [-0.2, -0.15) is 4.31 Å². The van der Waals surface area contributed by atoms with E-state index in [9.17, 15) is 22.8 Å². The lowest BCUT2D eigenvalue weighted by Crippen LogP contribution is -2.42. The molecular weight excluding hydrogens is 426 g/mol. The molecule has 3 amide bonds. The Bertz CT molecular complexity index is 841. The Morgan fingerprint density at radius 1 is 1.17 bits per heavy atom. The van der Waals surface area contributed by atoms with E-state index in [0.717, 1.165) is 6.07 Å². The second-order valence-electron chi connectivity index (χ2n) is 5.60. The fraction of sp³-hybridized carbons (Fsp3) is 0.471. The minimum atomic E-state index is -3.81. The number of imide groups is 1. The van der Waals surface area contributed by atoms with Gasteiger partial charge in [0.05, 0.1) is 22.1 Å². The summed E-state index contributed by atoms with van der Waals surface area (Å²) < 4.78 is 36.0. The molecule has 0 bridgehead atoms. The first-order valence-corrected chi connectivity index (χ1v) is 10.5. The van der Waals surface area contributed by atoms with Crippen LogP contribution in [0.5, 0.6) is 0 Å². The summed E-state index contributed by atoms with van der Waals surface area (Å²) in [7, 11) is -2.35. The fourth-order valence-electron chi connectivity index (χ4n) is 2.22. The van der Waals surface area contributed by atoms with Crippen molar-refractivity contribution in [3.8, 4) is 0 Å². The maximum absolute atomic E-state index is 12.6. The number of benzene rings is 1. The Kier molecular flexibility index (Phi) is 10.0. The fourth-order valence-corrected chi connectivity index (χ4v) is 3.90. The van der Waals surface area contributed by atoms with Gasteiger partial charge in [0.2, 0.25) is 10.0 Å². The second-order valence-corrected chi connectivity index (χ2v) is 7.95. The van der Waals surface area contributed by atoms with Gasteiger partial charge in [0.1, 0.15) is 0 Å². The molecule has 1 aromatic rings. The molecular formula is C17H24ClN3O7S. The Hall–Kier alpha value is -2.21. The number of ether oxygens (including phenoxy) is 2. The number of hydrogen-bond acceptors (Lipinski definition) is 7. The van der Waals surface area contributed by atoms with E-state index in [-0.39, 0.29) is 41.7 Å². The monoisotopic (exact) mass is 449 g/mol. The van der Waals surface area contributed by atoms with E-state index < -0.39 is 34.5 Å². The third-order valence-electron chi connectivity index (χ3n) is 3.68. The van der Waals surface area contributed by atoms with Crippen LogP contribution in [0.4, 0.5) is 4.79 Å². The maximum Gasteiger partial charge on any atom is 0.340 e. The van der Waals surface area contributed by atoms with E-state index in [1.165, 1.54) is 23.5 Å². The molecule has 12 heteroatoms. The highest BCUT2D eigenvalue weighted by Crippen LogP contribution is 2.23. The lowest BCUT2D eigenvalue weighted by Gasteiger charge is -2.19. The van der Waals surface area contributed by atoms with Crippen molar-refractivity contribution in [3.63, 3.8) is 0 Å². The van der Waals surface area contributed by atoms with Gasteiger partial charge in [0.25, 0.3) is 5.91 Å². The molecule has 0 aliphatic heterocycles. The van der Waals surface area contributed by atoms with E-state index in [1.54, 1.807) is 13.8 Å². The molecule has 1 aromatic carbocycles. The number of amides is 3. The van der Waals surface area contributed by atoms with Crippen molar-refractivity contribution in [1.82, 2.24) is 14.9 Å². The molecule has 0 heterocycles. The Labute approximate surface area is 174 Å². The van der Waals surface area contributed by atoms with E-state index in [0.29, 0.717) is 0 Å². The molecule has 0 atom stereocenters. The number of methoxy groups -OCH3 is 1. The predicted molar refractivity (Wildman–Crippen MR) is 105 cm³/mol. The first-order chi connectivity index (χ1) is 13.7. The Morgan fingerprint density at radius 2 is 1.83 bits per heavy atom. The van der Waals surface area contributed by atoms with Crippen LogP contribution in [-0.4, -0.2) is 70.6 Å². The summed E-state index contributed by atoms with van der Waals surface area (Å²) in [6, 6.07) is 2.86. The van der Waals surface area contributed by atoms with Gasteiger partial charge in [-0.15, -0.1) is 0 Å². The molecule has 0 fully saturated rings. The first-order valence-electron chi connectivity index (χ1n) is 8.70. The van der Waals surface area contributed by atoms with Gasteiger partial charge < -0.3 is 14.8 Å². The van der Waals surface area contributed by atoms with Gasteiger partial charge in [0, 0.05) is 26.7 Å². The zero-order valence-corrected chi connectivity index (χ0v) is 17.9. The predicted octanol–water partition coefficient (Wildman–Crippen LogP) is 1.000. The van der Waals surface area contributed by atoms with Crippen molar-refractivity contribution in [2.45, 2.75) is 18.7 Å². The van der Waals surface area contributed by atoms with Gasteiger partial charge in [-0.1, -0.05) is 25.4 Å². The van der Waals surface area contributed by atoms with E-state index in [2.05, 4.69) is 5.32 Å². The van der Waals surface area contributed by atoms with Crippen LogP contribution in [-0.2, 0) is 24.3 Å². The van der Waals surface area contributed by atoms with Crippen LogP contribution in [0.2, 0.25) is 5.02 Å². The molecule has 10 nitrogen and oxygen atoms in total. The van der Waals surface area contributed by atoms with Crippen LogP contribution >= 0.6 is 11.6 Å². The number of rotatable bonds is 10. The summed E-state index contributed by atoms with van der Waals surface area (Å²) in [6.07, 6.45) is 0. The molecule has 0 aliphatic rings. The molecule has 162 valence electrons. The van der Waals surface area contributed by atoms with E-state index in [4.69, 9.17) is 21.1 Å². The van der Waals surface area contributed by atoms with Gasteiger partial charge in [-0.25, -0.2) is 18.0 Å². The molecule has 1 rings (SSSR count). The van der Waals surface area contributed by atoms with Crippen molar-refractivity contribution in [3.05, 3.63) is 28.8 Å². The number of nitrogens with zero attached hydrogens (tertiary/aromatic N) is 1. The Balaban J connectivity index is 2.80. The van der Waals surface area contributed by atoms with Gasteiger partial charge in [-0.05, 0) is 18.2 Å². The number of hydrogen-bond donors (Lipinski definition) is 2. The maximum atomic E-state index is 12.6. The third kappa shape index (κ3) is 7.28. The summed E-state index contributed by atoms with van der Waals surface area (Å²) in [6.45, 7) is 3.61. The van der Waals surface area contributed by atoms with Crippen LogP contribution in [0.15, 0.2) is 23.1 Å². The molecule has 0 unspecified atom stereocenters. The summed E-state index contributed by atoms with van der Waals surface area (Å²) in [5, 5.41) is 4.29. The molecule has 0 spiro atoms. The quantitative estimate of drug-likeness (QED) is 0.402. The number of halogens is 1. The Morgan fingerprint density at radius 3 is 2.41 bits per heavy atom. The zero-order chi connectivity index (χ0) is 22.0. The summed E-state index contributed by atoms with van der Waals surface area (Å²) >= 11 is 5.97. The van der Waals surface area contributed by atoms with Crippen LogP contribution in [0.25, 0.3) is 0 Å². The molecule has 0 radical (unpaired) electrons. The number of carbonyl (C=O) groups is 3. The number of urea groups is 1. The SMILES string of the molecule is CCN(CC)S(=O)(=O)c1ccc(Cl)c(C(=O)OCC(=O)NC(=O)NCCOC)c1. The highest BCUT2D eigenvalue weighted by molar-refractivity contribution is 7.89. The van der Waals surface area contributed by atoms with Crippen LogP contribution < -0.4 is 10.6 Å². The third-order valence-corrected chi connectivity index (χ3v) is 6.06. The second kappa shape index (κ2) is 11.7. The number of sulfonamides is 1. The van der Waals surface area contributed by atoms with E-state index >= 15 is 0 Å². The zero-order valence-electron chi connectivity index (χ0n) is 16.4. The molecule has 0 saturated carbocycles. The molecule has 0 aliphatic carbocycles. The highest BCUT2D eigenvalue weighted by Gasteiger charge is 2.24. The van der Waals surface area contributed by atoms with Crippen molar-refractivity contribution >= 4 is 39.5 Å². The van der Waals surface area contributed by atoms with Crippen LogP contribution in [0, 0.1) is 0 Å². The van der Waals surface area contributed by atoms with Crippen molar-refractivity contribution in [1.29, 1.82) is 0 Å². The molecule has 0 saturated heterocycles. The van der Waals surface area contributed by atoms with Crippen molar-refractivity contribution < 1.29 is 32.3 Å². The van der Waals surface area contributed by atoms with E-state index in [1.807, 2.05) is 5.32 Å². The highest BCUT2D eigenvalue weighted by atomic mass is 35.5. The molecule has 2 N–H and O–H groups in total. The average molecular weight is 450 g/mol. The van der Waals surface area contributed by atoms with Gasteiger partial charge in [-0.3, -0.25) is 10.1 Å². The summed E-state index contributed by atoms with van der Waals surface area (Å²) in [5.74, 6) is -1.86. The number of esters is 1. The normalized spacial score (nSPS) is 11.2. The van der Waals surface area contributed by atoms with Crippen molar-refractivity contribution in [2.75, 3.05) is 40.0 Å². The van der Waals surface area contributed by atoms with Gasteiger partial charge in [0.15, 0.2) is 6.61 Å². The number of carbonyl (C=O) groups excluding carboxylic acids is 3. The molecule has 29 heavy (non-hydrogen) atoms. The summed E-state index contributed by atoms with van der Waals surface area (Å²) in [4.78, 5) is 35.2. The van der Waals surface area contributed by atoms with Crippen LogP contribution in [0.3, 0.4) is 0 Å². The average Bonchev–Trinajstić information content (AvgIpc) is 2.67. The molecule has 0 aromatic heterocycles. The largest absolute Gasteiger partial charge is 0.452 e. The topological polar surface area (TPSA) is 131 Å². The minimum absolute atomic E-state index is 0.0359. The van der Waals surface area contributed by atoms with Gasteiger partial charge >= 0.3 is 12.0 Å². The first kappa shape index (κ1) is 24.8. The van der Waals surface area contributed by atoms with Crippen LogP contribution in [0.1, 0.15) is 24.2 Å². The van der Waals surface area contributed by atoms with Crippen molar-refractivity contribution in [2.24, 2.45) is 0 Å². The lowest BCUT2D eigenvalue weighted by atomic mass is 10.2. The smallest absolute Gasteiger partial charge is 0.340 e.